The molecule has 2 aromatic rings. The molecule has 1 aromatic heterocycles. The molecule has 0 aliphatic heterocycles. The molecule has 0 fully saturated rings. The summed E-state index contributed by atoms with van der Waals surface area (Å²) in [4.78, 5) is 15.5. The van der Waals surface area contributed by atoms with Gasteiger partial charge in [-0.3, -0.25) is 9.78 Å². The second-order valence-corrected chi connectivity index (χ2v) is 5.35. The SMILES string of the molecule is Cc1cccc(NCC(=O)N/N=C/c2c(Cl)cncc2Cl)c1. The number of aryl methyl sites for hydroxylation is 1. The van der Waals surface area contributed by atoms with Gasteiger partial charge in [-0.05, 0) is 24.6 Å². The molecule has 0 saturated heterocycles. The zero-order valence-electron chi connectivity index (χ0n) is 11.8. The van der Waals surface area contributed by atoms with Crippen molar-refractivity contribution in [2.75, 3.05) is 11.9 Å². The number of hydrogen-bond acceptors (Lipinski definition) is 4. The number of nitrogens with zero attached hydrogens (tertiary/aromatic N) is 2. The minimum absolute atomic E-state index is 0.110. The van der Waals surface area contributed by atoms with Gasteiger partial charge < -0.3 is 5.32 Å². The van der Waals surface area contributed by atoms with Crippen LogP contribution in [-0.2, 0) is 4.79 Å². The van der Waals surface area contributed by atoms with E-state index >= 15 is 0 Å². The van der Waals surface area contributed by atoms with Crippen LogP contribution in [0, 0.1) is 6.92 Å². The zero-order chi connectivity index (χ0) is 15.9. The van der Waals surface area contributed by atoms with E-state index in [0.29, 0.717) is 15.6 Å². The highest BCUT2D eigenvalue weighted by atomic mass is 35.5. The first kappa shape index (κ1) is 16.3. The van der Waals surface area contributed by atoms with Crippen molar-refractivity contribution in [2.24, 2.45) is 5.10 Å². The van der Waals surface area contributed by atoms with Crippen molar-refractivity contribution in [3.63, 3.8) is 0 Å². The van der Waals surface area contributed by atoms with E-state index in [-0.39, 0.29) is 12.5 Å². The van der Waals surface area contributed by atoms with Crippen molar-refractivity contribution in [3.05, 3.63) is 57.8 Å². The predicted octanol–water partition coefficient (Wildman–Crippen LogP) is 3.26. The maximum Gasteiger partial charge on any atom is 0.259 e. The van der Waals surface area contributed by atoms with Crippen LogP contribution in [0.2, 0.25) is 10.0 Å². The molecule has 1 aromatic carbocycles. The van der Waals surface area contributed by atoms with Crippen LogP contribution >= 0.6 is 23.2 Å². The Balaban J connectivity index is 1.86. The molecule has 0 atom stereocenters. The monoisotopic (exact) mass is 336 g/mol. The van der Waals surface area contributed by atoms with Crippen LogP contribution in [0.4, 0.5) is 5.69 Å². The van der Waals surface area contributed by atoms with E-state index in [2.05, 4.69) is 20.8 Å². The number of benzene rings is 1. The van der Waals surface area contributed by atoms with Gasteiger partial charge in [0.2, 0.25) is 0 Å². The van der Waals surface area contributed by atoms with Crippen LogP contribution < -0.4 is 10.7 Å². The van der Waals surface area contributed by atoms with Crippen LogP contribution in [0.5, 0.6) is 0 Å². The standard InChI is InChI=1S/C15H14Cl2N4O/c1-10-3-2-4-11(5-10)19-9-15(22)21-20-6-12-13(16)7-18-8-14(12)17/h2-8,19H,9H2,1H3,(H,21,22)/b20-6+. The van der Waals surface area contributed by atoms with E-state index in [9.17, 15) is 4.79 Å². The van der Waals surface area contributed by atoms with Crippen molar-refractivity contribution < 1.29 is 4.79 Å². The number of anilines is 1. The molecular formula is C15H14Cl2N4O. The van der Waals surface area contributed by atoms with Crippen LogP contribution in [0.15, 0.2) is 41.8 Å². The van der Waals surface area contributed by atoms with E-state index in [4.69, 9.17) is 23.2 Å². The van der Waals surface area contributed by atoms with Gasteiger partial charge in [-0.15, -0.1) is 0 Å². The van der Waals surface area contributed by atoms with Gasteiger partial charge in [0.15, 0.2) is 0 Å². The van der Waals surface area contributed by atoms with Crippen LogP contribution in [0.1, 0.15) is 11.1 Å². The molecule has 0 aliphatic rings. The molecule has 114 valence electrons. The zero-order valence-corrected chi connectivity index (χ0v) is 13.3. The summed E-state index contributed by atoms with van der Waals surface area (Å²) in [5.74, 6) is -0.279. The fourth-order valence-electron chi connectivity index (χ4n) is 1.69. The summed E-state index contributed by atoms with van der Waals surface area (Å²) in [6.07, 6.45) is 4.29. The minimum Gasteiger partial charge on any atom is -0.376 e. The molecule has 7 heteroatoms. The summed E-state index contributed by atoms with van der Waals surface area (Å²) in [7, 11) is 0. The summed E-state index contributed by atoms with van der Waals surface area (Å²) in [6.45, 7) is 2.09. The predicted molar refractivity (Wildman–Crippen MR) is 89.7 cm³/mol. The Morgan fingerprint density at radius 2 is 2.05 bits per heavy atom. The summed E-state index contributed by atoms with van der Waals surface area (Å²) >= 11 is 11.9. The number of amides is 1. The van der Waals surface area contributed by atoms with Crippen molar-refractivity contribution in [3.8, 4) is 0 Å². The Morgan fingerprint density at radius 1 is 1.32 bits per heavy atom. The van der Waals surface area contributed by atoms with Crippen molar-refractivity contribution in [1.29, 1.82) is 0 Å². The minimum atomic E-state index is -0.279. The lowest BCUT2D eigenvalue weighted by Crippen LogP contribution is -2.25. The topological polar surface area (TPSA) is 66.4 Å². The maximum absolute atomic E-state index is 11.7. The molecular weight excluding hydrogens is 323 g/mol. The van der Waals surface area contributed by atoms with Crippen molar-refractivity contribution in [1.82, 2.24) is 10.4 Å². The van der Waals surface area contributed by atoms with Crippen LogP contribution in [0.3, 0.4) is 0 Å². The molecule has 1 heterocycles. The lowest BCUT2D eigenvalue weighted by molar-refractivity contribution is -0.119. The summed E-state index contributed by atoms with van der Waals surface area (Å²) in [5.41, 5.74) is 4.90. The maximum atomic E-state index is 11.7. The van der Waals surface area contributed by atoms with E-state index < -0.39 is 0 Å². The van der Waals surface area contributed by atoms with Gasteiger partial charge in [0.05, 0.1) is 22.8 Å². The molecule has 2 rings (SSSR count). The van der Waals surface area contributed by atoms with Gasteiger partial charge >= 0.3 is 0 Å². The lowest BCUT2D eigenvalue weighted by Gasteiger charge is -2.06. The Bertz CT molecular complexity index is 683. The molecule has 2 N–H and O–H groups in total. The van der Waals surface area contributed by atoms with Gasteiger partial charge in [-0.25, -0.2) is 5.43 Å². The highest BCUT2D eigenvalue weighted by molar-refractivity contribution is 6.38. The van der Waals surface area contributed by atoms with Crippen LogP contribution in [-0.4, -0.2) is 23.7 Å². The van der Waals surface area contributed by atoms with Crippen molar-refractivity contribution >= 4 is 41.0 Å². The highest BCUT2D eigenvalue weighted by Gasteiger charge is 2.04. The van der Waals surface area contributed by atoms with E-state index in [1.165, 1.54) is 18.6 Å². The van der Waals surface area contributed by atoms with Crippen molar-refractivity contribution in [2.45, 2.75) is 6.92 Å². The summed E-state index contributed by atoms with van der Waals surface area (Å²) in [6, 6.07) is 7.74. The largest absolute Gasteiger partial charge is 0.376 e. The Labute approximate surface area is 138 Å². The number of aromatic nitrogens is 1. The molecule has 0 unspecified atom stereocenters. The number of nitrogens with one attached hydrogen (secondary N) is 2. The molecule has 0 bridgehead atoms. The molecule has 0 spiro atoms. The number of rotatable bonds is 5. The summed E-state index contributed by atoms with van der Waals surface area (Å²) < 4.78 is 0. The van der Waals surface area contributed by atoms with Gasteiger partial charge in [0.1, 0.15) is 0 Å². The van der Waals surface area contributed by atoms with Gasteiger partial charge in [0, 0.05) is 23.6 Å². The third kappa shape index (κ3) is 4.72. The summed E-state index contributed by atoms with van der Waals surface area (Å²) in [5, 5.41) is 7.57. The van der Waals surface area contributed by atoms with E-state index in [1.54, 1.807) is 0 Å². The number of hydrogen-bond donors (Lipinski definition) is 2. The Kier molecular flexibility index (Phi) is 5.75. The average molecular weight is 337 g/mol. The first-order valence-electron chi connectivity index (χ1n) is 6.47. The molecule has 22 heavy (non-hydrogen) atoms. The second-order valence-electron chi connectivity index (χ2n) is 4.53. The van der Waals surface area contributed by atoms with Gasteiger partial charge in [0.25, 0.3) is 5.91 Å². The van der Waals surface area contributed by atoms with Crippen LogP contribution in [0.25, 0.3) is 0 Å². The quantitative estimate of drug-likeness (QED) is 0.650. The normalized spacial score (nSPS) is 10.7. The molecule has 0 aliphatic carbocycles. The Morgan fingerprint density at radius 3 is 2.73 bits per heavy atom. The first-order chi connectivity index (χ1) is 10.6. The first-order valence-corrected chi connectivity index (χ1v) is 7.23. The number of halogens is 2. The number of carbonyl (C=O) groups excluding carboxylic acids is 1. The molecule has 1 amide bonds. The van der Waals surface area contributed by atoms with Gasteiger partial charge in [-0.1, -0.05) is 35.3 Å². The Hall–Kier alpha value is -2.11. The number of pyridine rings is 1. The van der Waals surface area contributed by atoms with E-state index in [1.807, 2.05) is 31.2 Å². The number of hydrazone groups is 1. The fraction of sp³-hybridized carbons (Fsp3) is 0.133. The third-order valence-electron chi connectivity index (χ3n) is 2.74. The lowest BCUT2D eigenvalue weighted by atomic mass is 10.2. The fourth-order valence-corrected chi connectivity index (χ4v) is 2.15. The molecule has 5 nitrogen and oxygen atoms in total. The smallest absolute Gasteiger partial charge is 0.259 e. The molecule has 0 radical (unpaired) electrons. The van der Waals surface area contributed by atoms with Gasteiger partial charge in [-0.2, -0.15) is 5.10 Å². The second kappa shape index (κ2) is 7.77. The average Bonchev–Trinajstić information content (AvgIpc) is 2.48. The molecule has 0 saturated carbocycles. The van der Waals surface area contributed by atoms with E-state index in [0.717, 1.165) is 11.3 Å². The third-order valence-corrected chi connectivity index (χ3v) is 3.35. The number of carbonyl (C=O) groups is 1. The highest BCUT2D eigenvalue weighted by Crippen LogP contribution is 2.20.